The van der Waals surface area contributed by atoms with E-state index in [1.807, 2.05) is 12.1 Å². The molecule has 2 aromatic rings. The van der Waals surface area contributed by atoms with E-state index in [4.69, 9.17) is 24.5 Å². The van der Waals surface area contributed by atoms with Gasteiger partial charge in [0.15, 0.2) is 0 Å². The monoisotopic (exact) mass is 514 g/mol. The maximum Gasteiger partial charge on any atom is 0.414 e. The zero-order valence-corrected chi connectivity index (χ0v) is 19.2. The van der Waals surface area contributed by atoms with Gasteiger partial charge in [0.2, 0.25) is 10.0 Å². The molecule has 0 aromatic heterocycles. The zero-order chi connectivity index (χ0) is 23.0. The number of ether oxygens (including phenoxy) is 1. The Kier molecular flexibility index (Phi) is 8.99. The summed E-state index contributed by atoms with van der Waals surface area (Å²) in [5.74, 6) is -3.00. The first-order valence-electron chi connectivity index (χ1n) is 9.20. The van der Waals surface area contributed by atoms with Crippen LogP contribution in [0.5, 0.6) is 5.75 Å². The number of nitrogens with zero attached hydrogens (tertiary/aromatic N) is 2. The number of hydrogen-bond acceptors (Lipinski definition) is 6. The molecule has 0 unspecified atom stereocenters. The van der Waals surface area contributed by atoms with Crippen LogP contribution in [-0.2, 0) is 26.2 Å². The van der Waals surface area contributed by atoms with Crippen LogP contribution in [0.3, 0.4) is 0 Å². The molecular weight excluding hydrogens is 492 g/mol. The molecule has 2 N–H and O–H groups in total. The fraction of sp³-hybridized carbons (Fsp3) is 0.300. The lowest BCUT2D eigenvalue weighted by Crippen LogP contribution is -2.48. The Morgan fingerprint density at radius 3 is 2.06 bits per heavy atom. The van der Waals surface area contributed by atoms with Crippen LogP contribution in [-0.4, -0.2) is 73.1 Å². The first kappa shape index (κ1) is 24.8. The van der Waals surface area contributed by atoms with Gasteiger partial charge in [0.05, 0.1) is 12.0 Å². The quantitative estimate of drug-likeness (QED) is 0.581. The van der Waals surface area contributed by atoms with Crippen molar-refractivity contribution in [1.82, 2.24) is 9.21 Å². The molecule has 1 saturated heterocycles. The van der Waals surface area contributed by atoms with E-state index in [-0.39, 0.29) is 0 Å². The molecular formula is C20H23BrN2O7S. The molecule has 3 rings (SSSR count). The highest BCUT2D eigenvalue weighted by Crippen LogP contribution is 2.21. The van der Waals surface area contributed by atoms with E-state index in [1.54, 1.807) is 35.7 Å². The molecule has 0 saturated carbocycles. The fourth-order valence-corrected chi connectivity index (χ4v) is 4.79. The Labute approximate surface area is 189 Å². The lowest BCUT2D eigenvalue weighted by Gasteiger charge is -2.34. The van der Waals surface area contributed by atoms with Gasteiger partial charge in [0, 0.05) is 37.2 Å². The highest BCUT2D eigenvalue weighted by atomic mass is 79.9. The Morgan fingerprint density at radius 2 is 1.58 bits per heavy atom. The van der Waals surface area contributed by atoms with E-state index in [0.29, 0.717) is 23.7 Å². The zero-order valence-electron chi connectivity index (χ0n) is 16.8. The van der Waals surface area contributed by atoms with Crippen molar-refractivity contribution >= 4 is 37.9 Å². The van der Waals surface area contributed by atoms with E-state index >= 15 is 0 Å². The second kappa shape index (κ2) is 11.2. The second-order valence-corrected chi connectivity index (χ2v) is 9.45. The van der Waals surface area contributed by atoms with Crippen molar-refractivity contribution in [1.29, 1.82) is 0 Å². The van der Waals surface area contributed by atoms with Crippen molar-refractivity contribution in [3.05, 3.63) is 58.6 Å². The van der Waals surface area contributed by atoms with Gasteiger partial charge in [0.1, 0.15) is 5.75 Å². The number of hydrogen-bond donors (Lipinski definition) is 2. The molecule has 1 fully saturated rings. The number of carboxylic acid groups (broad SMARTS) is 2. The predicted molar refractivity (Wildman–Crippen MR) is 116 cm³/mol. The average molecular weight is 515 g/mol. The van der Waals surface area contributed by atoms with Gasteiger partial charge in [-0.2, -0.15) is 4.31 Å². The summed E-state index contributed by atoms with van der Waals surface area (Å²) in [6.07, 6.45) is 0. The number of piperazine rings is 1. The van der Waals surface area contributed by atoms with Gasteiger partial charge in [-0.1, -0.05) is 28.1 Å². The predicted octanol–water partition coefficient (Wildman–Crippen LogP) is 2.12. The fourth-order valence-electron chi connectivity index (χ4n) is 2.92. The molecule has 0 aliphatic carbocycles. The number of carboxylic acids is 2. The van der Waals surface area contributed by atoms with Crippen molar-refractivity contribution < 1.29 is 33.0 Å². The topological polar surface area (TPSA) is 124 Å². The van der Waals surface area contributed by atoms with E-state index < -0.39 is 22.0 Å². The van der Waals surface area contributed by atoms with Crippen LogP contribution in [0.1, 0.15) is 5.56 Å². The highest BCUT2D eigenvalue weighted by molar-refractivity contribution is 9.10. The molecule has 168 valence electrons. The molecule has 0 radical (unpaired) electrons. The highest BCUT2D eigenvalue weighted by Gasteiger charge is 2.28. The summed E-state index contributed by atoms with van der Waals surface area (Å²) in [5, 5.41) is 14.8. The van der Waals surface area contributed by atoms with Gasteiger partial charge in [-0.15, -0.1) is 0 Å². The van der Waals surface area contributed by atoms with Crippen LogP contribution < -0.4 is 4.74 Å². The van der Waals surface area contributed by atoms with Crippen LogP contribution in [0.15, 0.2) is 57.9 Å². The van der Waals surface area contributed by atoms with E-state index in [1.165, 1.54) is 5.56 Å². The maximum absolute atomic E-state index is 12.8. The van der Waals surface area contributed by atoms with Gasteiger partial charge >= 0.3 is 11.9 Å². The Morgan fingerprint density at radius 1 is 1.00 bits per heavy atom. The molecule has 11 heteroatoms. The van der Waals surface area contributed by atoms with Gasteiger partial charge in [-0.25, -0.2) is 18.0 Å². The summed E-state index contributed by atoms with van der Waals surface area (Å²) in [6.45, 7) is 3.28. The van der Waals surface area contributed by atoms with Crippen LogP contribution in [0.4, 0.5) is 0 Å². The molecule has 1 aliphatic heterocycles. The van der Waals surface area contributed by atoms with E-state index in [0.717, 1.165) is 24.1 Å². The Bertz CT molecular complexity index is 992. The first-order valence-corrected chi connectivity index (χ1v) is 11.4. The summed E-state index contributed by atoms with van der Waals surface area (Å²) < 4.78 is 33.2. The molecule has 2 aromatic carbocycles. The summed E-state index contributed by atoms with van der Waals surface area (Å²) in [6, 6.07) is 14.8. The minimum absolute atomic E-state index is 0.314. The lowest BCUT2D eigenvalue weighted by molar-refractivity contribution is -0.159. The number of rotatable bonds is 5. The summed E-state index contributed by atoms with van der Waals surface area (Å²) in [4.78, 5) is 20.8. The average Bonchev–Trinajstić information content (AvgIpc) is 2.74. The van der Waals surface area contributed by atoms with Gasteiger partial charge in [-0.05, 0) is 42.0 Å². The molecule has 0 bridgehead atoms. The third-order valence-electron chi connectivity index (χ3n) is 4.51. The Hall–Kier alpha value is -2.47. The normalized spacial score (nSPS) is 14.9. The first-order chi connectivity index (χ1) is 14.6. The van der Waals surface area contributed by atoms with E-state index in [9.17, 15) is 8.42 Å². The minimum Gasteiger partial charge on any atom is -0.497 e. The number of methoxy groups -OCH3 is 1. The third kappa shape index (κ3) is 7.31. The number of aliphatic carboxylic acids is 2. The number of halogens is 1. The summed E-state index contributed by atoms with van der Waals surface area (Å²) in [7, 11) is -1.88. The third-order valence-corrected chi connectivity index (χ3v) is 6.91. The SMILES string of the molecule is COc1ccc(S(=O)(=O)N2CCN(Cc3cccc(Br)c3)CC2)cc1.O=C(O)C(=O)O. The largest absolute Gasteiger partial charge is 0.497 e. The van der Waals surface area contributed by atoms with Crippen LogP contribution in [0.2, 0.25) is 0 Å². The Balaban J connectivity index is 0.000000501. The minimum atomic E-state index is -3.45. The molecule has 0 spiro atoms. The molecule has 1 aliphatic rings. The van der Waals surface area contributed by atoms with Crippen molar-refractivity contribution in [3.63, 3.8) is 0 Å². The van der Waals surface area contributed by atoms with Crippen LogP contribution >= 0.6 is 15.9 Å². The van der Waals surface area contributed by atoms with Crippen LogP contribution in [0, 0.1) is 0 Å². The molecule has 9 nitrogen and oxygen atoms in total. The second-order valence-electron chi connectivity index (χ2n) is 6.60. The molecule has 31 heavy (non-hydrogen) atoms. The maximum atomic E-state index is 12.8. The molecule has 1 heterocycles. The molecule has 0 amide bonds. The summed E-state index contributed by atoms with van der Waals surface area (Å²) >= 11 is 3.48. The number of carbonyl (C=O) groups is 2. The van der Waals surface area contributed by atoms with Crippen molar-refractivity contribution in [2.75, 3.05) is 33.3 Å². The molecule has 0 atom stereocenters. The smallest absolute Gasteiger partial charge is 0.414 e. The standard InChI is InChI=1S/C18H21BrN2O3S.C2H2O4/c1-24-17-5-7-18(8-6-17)25(22,23)21-11-9-20(10-12-21)14-15-3-2-4-16(19)13-15;3-1(4)2(5)6/h2-8,13H,9-12,14H2,1H3;(H,3,4)(H,5,6). The van der Waals surface area contributed by atoms with Gasteiger partial charge < -0.3 is 14.9 Å². The number of sulfonamides is 1. The lowest BCUT2D eigenvalue weighted by atomic mass is 10.2. The van der Waals surface area contributed by atoms with Gasteiger partial charge in [-0.3, -0.25) is 4.90 Å². The van der Waals surface area contributed by atoms with Crippen molar-refractivity contribution in [2.45, 2.75) is 11.4 Å². The number of benzene rings is 2. The summed E-state index contributed by atoms with van der Waals surface area (Å²) in [5.41, 5.74) is 1.22. The van der Waals surface area contributed by atoms with Crippen molar-refractivity contribution in [3.8, 4) is 5.75 Å². The van der Waals surface area contributed by atoms with Crippen molar-refractivity contribution in [2.24, 2.45) is 0 Å². The van der Waals surface area contributed by atoms with Crippen LogP contribution in [0.25, 0.3) is 0 Å². The van der Waals surface area contributed by atoms with Gasteiger partial charge in [0.25, 0.3) is 0 Å². The van der Waals surface area contributed by atoms with E-state index in [2.05, 4.69) is 33.0 Å².